The number of hydrogen-bond donors (Lipinski definition) is 2. The highest BCUT2D eigenvalue weighted by molar-refractivity contribution is 5.90. The van der Waals surface area contributed by atoms with Gasteiger partial charge in [-0.15, -0.1) is 0 Å². The smallest absolute Gasteiger partial charge is 0.349 e. The van der Waals surface area contributed by atoms with E-state index in [-0.39, 0.29) is 12.8 Å². The van der Waals surface area contributed by atoms with Crippen LogP contribution in [0.3, 0.4) is 0 Å². The van der Waals surface area contributed by atoms with Crippen LogP contribution in [-0.2, 0) is 19.1 Å². The van der Waals surface area contributed by atoms with E-state index in [1.54, 1.807) is 0 Å². The summed E-state index contributed by atoms with van der Waals surface area (Å²) in [6.45, 7) is 6.13. The van der Waals surface area contributed by atoms with Crippen LogP contribution >= 0.6 is 0 Å². The first-order valence-corrected chi connectivity index (χ1v) is 5.17. The predicted octanol–water partition coefficient (Wildman–Crippen LogP) is 1.06. The van der Waals surface area contributed by atoms with Gasteiger partial charge in [0.1, 0.15) is 5.92 Å². The molecular formula is C11H16O6. The monoisotopic (exact) mass is 244 g/mol. The highest BCUT2D eigenvalue weighted by atomic mass is 16.6. The minimum absolute atomic E-state index is 0.0416. The Morgan fingerprint density at radius 3 is 2.12 bits per heavy atom. The van der Waals surface area contributed by atoms with Crippen LogP contribution in [0.15, 0.2) is 12.7 Å². The topological polar surface area (TPSA) is 101 Å². The number of rotatable bonds is 7. The van der Waals surface area contributed by atoms with E-state index >= 15 is 0 Å². The highest BCUT2D eigenvalue weighted by Crippen LogP contribution is 2.30. The van der Waals surface area contributed by atoms with Crippen molar-refractivity contribution in [2.24, 2.45) is 5.92 Å². The molecule has 0 aliphatic rings. The van der Waals surface area contributed by atoms with E-state index in [0.29, 0.717) is 0 Å². The van der Waals surface area contributed by atoms with Gasteiger partial charge in [-0.2, -0.15) is 0 Å². The van der Waals surface area contributed by atoms with Crippen LogP contribution in [0, 0.1) is 5.92 Å². The Morgan fingerprint density at radius 1 is 1.35 bits per heavy atom. The van der Waals surface area contributed by atoms with Gasteiger partial charge >= 0.3 is 17.9 Å². The Labute approximate surface area is 98.9 Å². The SMILES string of the molecule is C=CC(=O)OC(CC)(C(=O)O)C(CC)C(=O)O. The third kappa shape index (κ3) is 3.05. The van der Waals surface area contributed by atoms with E-state index in [0.717, 1.165) is 6.08 Å². The second-order valence-electron chi connectivity index (χ2n) is 3.47. The molecule has 0 fully saturated rings. The molecule has 0 aliphatic heterocycles. The van der Waals surface area contributed by atoms with Crippen molar-refractivity contribution in [1.82, 2.24) is 0 Å². The Balaban J connectivity index is 5.47. The second-order valence-corrected chi connectivity index (χ2v) is 3.47. The molecule has 0 rings (SSSR count). The van der Waals surface area contributed by atoms with Gasteiger partial charge in [0, 0.05) is 6.08 Å². The molecule has 0 aromatic rings. The molecule has 0 saturated heterocycles. The van der Waals surface area contributed by atoms with Crippen molar-refractivity contribution in [1.29, 1.82) is 0 Å². The summed E-state index contributed by atoms with van der Waals surface area (Å²) in [5, 5.41) is 18.1. The van der Waals surface area contributed by atoms with Gasteiger partial charge in [0.2, 0.25) is 5.60 Å². The fourth-order valence-corrected chi connectivity index (χ4v) is 1.66. The number of carbonyl (C=O) groups is 3. The van der Waals surface area contributed by atoms with Crippen molar-refractivity contribution in [2.75, 3.05) is 0 Å². The number of esters is 1. The molecule has 6 nitrogen and oxygen atoms in total. The maximum absolute atomic E-state index is 11.2. The molecular weight excluding hydrogens is 228 g/mol. The average molecular weight is 244 g/mol. The first-order valence-electron chi connectivity index (χ1n) is 5.17. The Kier molecular flexibility index (Phi) is 5.37. The first kappa shape index (κ1) is 15.2. The fraction of sp³-hybridized carbons (Fsp3) is 0.545. The van der Waals surface area contributed by atoms with Gasteiger partial charge in [-0.1, -0.05) is 20.4 Å². The van der Waals surface area contributed by atoms with Crippen LogP contribution in [0.5, 0.6) is 0 Å². The summed E-state index contributed by atoms with van der Waals surface area (Å²) >= 11 is 0. The normalized spacial score (nSPS) is 15.4. The molecule has 0 saturated carbocycles. The van der Waals surface area contributed by atoms with Crippen molar-refractivity contribution in [2.45, 2.75) is 32.3 Å². The lowest BCUT2D eigenvalue weighted by atomic mass is 9.83. The van der Waals surface area contributed by atoms with Crippen LogP contribution in [0.2, 0.25) is 0 Å². The van der Waals surface area contributed by atoms with E-state index in [1.807, 2.05) is 0 Å². The van der Waals surface area contributed by atoms with Crippen LogP contribution in [0.25, 0.3) is 0 Å². The minimum Gasteiger partial charge on any atom is -0.481 e. The molecule has 17 heavy (non-hydrogen) atoms. The summed E-state index contributed by atoms with van der Waals surface area (Å²) in [7, 11) is 0. The van der Waals surface area contributed by atoms with E-state index in [2.05, 4.69) is 6.58 Å². The van der Waals surface area contributed by atoms with Crippen LogP contribution < -0.4 is 0 Å². The lowest BCUT2D eigenvalue weighted by Crippen LogP contribution is -2.51. The molecule has 0 aliphatic carbocycles. The molecule has 2 atom stereocenters. The standard InChI is InChI=1S/C11H16O6/c1-4-7(9(13)14)11(6-3,10(15)16)17-8(12)5-2/h5,7H,2,4,6H2,1,3H3,(H,13,14)(H,15,16). The Bertz CT molecular complexity index is 335. The number of ether oxygens (including phenoxy) is 1. The number of carboxylic acids is 2. The maximum Gasteiger partial charge on any atom is 0.349 e. The number of aliphatic carboxylic acids is 2. The summed E-state index contributed by atoms with van der Waals surface area (Å²) in [5.74, 6) is -5.03. The van der Waals surface area contributed by atoms with Gasteiger partial charge < -0.3 is 14.9 Å². The van der Waals surface area contributed by atoms with Crippen LogP contribution in [-0.4, -0.2) is 33.7 Å². The van der Waals surface area contributed by atoms with Crippen molar-refractivity contribution < 1.29 is 29.3 Å². The van der Waals surface area contributed by atoms with Gasteiger partial charge in [0.05, 0.1) is 0 Å². The molecule has 2 N–H and O–H groups in total. The molecule has 0 aromatic carbocycles. The lowest BCUT2D eigenvalue weighted by molar-refractivity contribution is -0.189. The third-order valence-corrected chi connectivity index (χ3v) is 2.61. The minimum atomic E-state index is -2.05. The number of carbonyl (C=O) groups excluding carboxylic acids is 1. The van der Waals surface area contributed by atoms with Crippen molar-refractivity contribution in [3.8, 4) is 0 Å². The molecule has 96 valence electrons. The summed E-state index contributed by atoms with van der Waals surface area (Å²) in [4.78, 5) is 33.4. The van der Waals surface area contributed by atoms with Gasteiger partial charge in [0.25, 0.3) is 0 Å². The maximum atomic E-state index is 11.2. The number of carboxylic acid groups (broad SMARTS) is 2. The largest absolute Gasteiger partial charge is 0.481 e. The molecule has 0 heterocycles. The first-order chi connectivity index (χ1) is 7.85. The van der Waals surface area contributed by atoms with E-state index in [9.17, 15) is 14.4 Å². The van der Waals surface area contributed by atoms with E-state index in [4.69, 9.17) is 14.9 Å². The van der Waals surface area contributed by atoms with Gasteiger partial charge in [-0.25, -0.2) is 9.59 Å². The fourth-order valence-electron chi connectivity index (χ4n) is 1.66. The van der Waals surface area contributed by atoms with E-state index < -0.39 is 29.4 Å². The van der Waals surface area contributed by atoms with Crippen molar-refractivity contribution >= 4 is 17.9 Å². The molecule has 0 amide bonds. The van der Waals surface area contributed by atoms with Gasteiger partial charge in [0.15, 0.2) is 0 Å². The zero-order chi connectivity index (χ0) is 13.6. The molecule has 0 bridgehead atoms. The Hall–Kier alpha value is -1.85. The van der Waals surface area contributed by atoms with Gasteiger partial charge in [-0.3, -0.25) is 4.79 Å². The van der Waals surface area contributed by atoms with Crippen molar-refractivity contribution in [3.63, 3.8) is 0 Å². The molecule has 0 aromatic heterocycles. The molecule has 0 spiro atoms. The van der Waals surface area contributed by atoms with Crippen LogP contribution in [0.4, 0.5) is 0 Å². The lowest BCUT2D eigenvalue weighted by Gasteiger charge is -2.32. The molecule has 6 heteroatoms. The third-order valence-electron chi connectivity index (χ3n) is 2.61. The average Bonchev–Trinajstić information content (AvgIpc) is 2.27. The van der Waals surface area contributed by atoms with Crippen LogP contribution in [0.1, 0.15) is 26.7 Å². The summed E-state index contributed by atoms with van der Waals surface area (Å²) < 4.78 is 4.77. The molecule has 2 unspecified atom stereocenters. The number of hydrogen-bond acceptors (Lipinski definition) is 4. The molecule has 0 radical (unpaired) electrons. The van der Waals surface area contributed by atoms with Crippen molar-refractivity contribution in [3.05, 3.63) is 12.7 Å². The Morgan fingerprint density at radius 2 is 1.88 bits per heavy atom. The summed E-state index contributed by atoms with van der Waals surface area (Å²) in [5.41, 5.74) is -2.05. The second kappa shape index (κ2) is 6.03. The zero-order valence-corrected chi connectivity index (χ0v) is 9.80. The summed E-state index contributed by atoms with van der Waals surface area (Å²) in [6.07, 6.45) is 0.717. The highest BCUT2D eigenvalue weighted by Gasteiger charge is 2.51. The summed E-state index contributed by atoms with van der Waals surface area (Å²) in [6, 6.07) is 0. The van der Waals surface area contributed by atoms with E-state index in [1.165, 1.54) is 13.8 Å². The van der Waals surface area contributed by atoms with Gasteiger partial charge in [-0.05, 0) is 12.8 Å². The zero-order valence-electron chi connectivity index (χ0n) is 9.80. The predicted molar refractivity (Wildman–Crippen MR) is 58.4 cm³/mol. The quantitative estimate of drug-likeness (QED) is 0.513.